The molecule has 0 amide bonds. The number of para-hydroxylation sites is 1. The maximum atomic E-state index is 5.76. The zero-order valence-electron chi connectivity index (χ0n) is 16.7. The lowest BCUT2D eigenvalue weighted by molar-refractivity contribution is 0.293. The monoisotopic (exact) mass is 387 g/mol. The van der Waals surface area contributed by atoms with Gasteiger partial charge in [-0.3, -0.25) is 0 Å². The average molecular weight is 387 g/mol. The molecule has 0 fully saturated rings. The van der Waals surface area contributed by atoms with Gasteiger partial charge in [-0.1, -0.05) is 55.5 Å². The van der Waals surface area contributed by atoms with Gasteiger partial charge in [-0.25, -0.2) is 4.68 Å². The Morgan fingerprint density at radius 3 is 2.45 bits per heavy atom. The largest absolute Gasteiger partial charge is 0.463 e. The molecule has 0 aliphatic heterocycles. The maximum Gasteiger partial charge on any atom is 0.320 e. The number of fused-ring (bicyclic) bond motifs is 1. The van der Waals surface area contributed by atoms with Gasteiger partial charge in [0.2, 0.25) is 0 Å². The van der Waals surface area contributed by atoms with Crippen molar-refractivity contribution in [1.29, 1.82) is 0 Å². The molecule has 6 nitrogen and oxygen atoms in total. The minimum atomic E-state index is 0.189. The first kappa shape index (κ1) is 18.9. The summed E-state index contributed by atoms with van der Waals surface area (Å²) in [6, 6.07) is 21.0. The molecule has 1 unspecified atom stereocenters. The second-order valence-corrected chi connectivity index (χ2v) is 7.07. The van der Waals surface area contributed by atoms with Crippen LogP contribution in [0.3, 0.4) is 0 Å². The van der Waals surface area contributed by atoms with Crippen LogP contribution >= 0.6 is 0 Å². The van der Waals surface area contributed by atoms with Crippen molar-refractivity contribution in [2.24, 2.45) is 0 Å². The molecule has 2 aromatic heterocycles. The Bertz CT molecular complexity index is 1060. The number of aromatic nitrogens is 4. The van der Waals surface area contributed by atoms with Crippen LogP contribution in [0.2, 0.25) is 0 Å². The van der Waals surface area contributed by atoms with Crippen molar-refractivity contribution < 1.29 is 4.74 Å². The number of rotatable bonds is 8. The van der Waals surface area contributed by atoms with Gasteiger partial charge in [0.15, 0.2) is 5.65 Å². The van der Waals surface area contributed by atoms with E-state index in [0.717, 1.165) is 35.4 Å². The summed E-state index contributed by atoms with van der Waals surface area (Å²) in [5.41, 5.74) is 2.96. The van der Waals surface area contributed by atoms with E-state index in [4.69, 9.17) is 4.74 Å². The van der Waals surface area contributed by atoms with Crippen molar-refractivity contribution in [2.75, 3.05) is 11.9 Å². The third-order valence-electron chi connectivity index (χ3n) is 4.61. The molecule has 148 valence electrons. The minimum absolute atomic E-state index is 0.189. The molecule has 0 saturated carbocycles. The van der Waals surface area contributed by atoms with Gasteiger partial charge in [-0.15, -0.1) is 0 Å². The van der Waals surface area contributed by atoms with Crippen molar-refractivity contribution in [3.8, 4) is 11.7 Å². The number of hydrogen-bond acceptors (Lipinski definition) is 5. The summed E-state index contributed by atoms with van der Waals surface area (Å²) >= 11 is 0. The summed E-state index contributed by atoms with van der Waals surface area (Å²) in [4.78, 5) is 9.26. The Kier molecular flexibility index (Phi) is 5.70. The Morgan fingerprint density at radius 2 is 1.72 bits per heavy atom. The molecule has 4 rings (SSSR count). The second kappa shape index (κ2) is 8.73. The van der Waals surface area contributed by atoms with E-state index in [1.807, 2.05) is 47.3 Å². The molecule has 1 N–H and O–H groups in total. The van der Waals surface area contributed by atoms with E-state index < -0.39 is 0 Å². The number of ether oxygens (including phenoxy) is 1. The molecule has 0 aliphatic rings. The number of anilines is 1. The SMILES string of the molecule is CCCOc1nc(NC(C)Cc2ccccc2)c2cnn(-c3ccccc3)c2n1. The topological polar surface area (TPSA) is 64.9 Å². The van der Waals surface area contributed by atoms with Crippen molar-refractivity contribution in [1.82, 2.24) is 19.7 Å². The number of nitrogens with one attached hydrogen (secondary N) is 1. The fourth-order valence-electron chi connectivity index (χ4n) is 3.27. The molecule has 1 atom stereocenters. The van der Waals surface area contributed by atoms with Gasteiger partial charge < -0.3 is 10.1 Å². The molecular formula is C23H25N5O. The summed E-state index contributed by atoms with van der Waals surface area (Å²) in [5, 5.41) is 8.96. The molecule has 0 spiro atoms. The molecule has 0 radical (unpaired) electrons. The van der Waals surface area contributed by atoms with Crippen molar-refractivity contribution in [2.45, 2.75) is 32.7 Å². The van der Waals surface area contributed by atoms with E-state index >= 15 is 0 Å². The smallest absolute Gasteiger partial charge is 0.320 e. The van der Waals surface area contributed by atoms with Gasteiger partial charge >= 0.3 is 6.01 Å². The second-order valence-electron chi connectivity index (χ2n) is 7.07. The van der Waals surface area contributed by atoms with E-state index in [1.165, 1.54) is 5.56 Å². The summed E-state index contributed by atoms with van der Waals surface area (Å²) in [6.45, 7) is 4.78. The first-order valence-corrected chi connectivity index (χ1v) is 9.99. The lowest BCUT2D eigenvalue weighted by Gasteiger charge is -2.16. The van der Waals surface area contributed by atoms with Crippen LogP contribution in [-0.4, -0.2) is 32.4 Å². The van der Waals surface area contributed by atoms with Crippen LogP contribution < -0.4 is 10.1 Å². The fraction of sp³-hybridized carbons (Fsp3) is 0.261. The van der Waals surface area contributed by atoms with E-state index in [0.29, 0.717) is 12.6 Å². The molecule has 29 heavy (non-hydrogen) atoms. The van der Waals surface area contributed by atoms with Gasteiger partial charge in [0, 0.05) is 6.04 Å². The highest BCUT2D eigenvalue weighted by Crippen LogP contribution is 2.26. The average Bonchev–Trinajstić information content (AvgIpc) is 3.18. The molecule has 2 heterocycles. The Balaban J connectivity index is 1.69. The highest BCUT2D eigenvalue weighted by Gasteiger charge is 2.16. The number of hydrogen-bond donors (Lipinski definition) is 1. The fourth-order valence-corrected chi connectivity index (χ4v) is 3.27. The molecule has 2 aromatic carbocycles. The van der Waals surface area contributed by atoms with Crippen molar-refractivity contribution in [3.63, 3.8) is 0 Å². The predicted molar refractivity (Wildman–Crippen MR) is 116 cm³/mol. The van der Waals surface area contributed by atoms with Gasteiger partial charge in [-0.2, -0.15) is 15.1 Å². The van der Waals surface area contributed by atoms with Gasteiger partial charge in [-0.05, 0) is 37.5 Å². The highest BCUT2D eigenvalue weighted by molar-refractivity contribution is 5.87. The molecule has 0 aliphatic carbocycles. The van der Waals surface area contributed by atoms with Crippen LogP contribution in [-0.2, 0) is 6.42 Å². The summed E-state index contributed by atoms with van der Waals surface area (Å²) in [5.74, 6) is 0.742. The van der Waals surface area contributed by atoms with Crippen LogP contribution in [0.4, 0.5) is 5.82 Å². The van der Waals surface area contributed by atoms with Crippen molar-refractivity contribution >= 4 is 16.9 Å². The summed E-state index contributed by atoms with van der Waals surface area (Å²) in [6.07, 6.45) is 3.60. The molecular weight excluding hydrogens is 362 g/mol. The Hall–Kier alpha value is -3.41. The first-order chi connectivity index (χ1) is 14.2. The maximum absolute atomic E-state index is 5.76. The van der Waals surface area contributed by atoms with Crippen LogP contribution in [0.1, 0.15) is 25.8 Å². The summed E-state index contributed by atoms with van der Waals surface area (Å²) < 4.78 is 7.58. The minimum Gasteiger partial charge on any atom is -0.463 e. The van der Waals surface area contributed by atoms with Crippen LogP contribution in [0.5, 0.6) is 6.01 Å². The summed E-state index contributed by atoms with van der Waals surface area (Å²) in [7, 11) is 0. The van der Waals surface area contributed by atoms with E-state index in [-0.39, 0.29) is 6.04 Å². The highest BCUT2D eigenvalue weighted by atomic mass is 16.5. The van der Waals surface area contributed by atoms with E-state index in [1.54, 1.807) is 0 Å². The predicted octanol–water partition coefficient (Wildman–Crippen LogP) is 4.65. The standard InChI is InChI=1S/C23H25N5O/c1-3-14-29-23-26-21(25-17(2)15-18-10-6-4-7-11-18)20-16-24-28(22(20)27-23)19-12-8-5-9-13-19/h4-13,16-17H,3,14-15H2,1-2H3,(H,25,26,27). The quantitative estimate of drug-likeness (QED) is 0.477. The van der Waals surface area contributed by atoms with Gasteiger partial charge in [0.1, 0.15) is 5.82 Å². The zero-order valence-corrected chi connectivity index (χ0v) is 16.7. The zero-order chi connectivity index (χ0) is 20.1. The Morgan fingerprint density at radius 1 is 1.00 bits per heavy atom. The molecule has 6 heteroatoms. The number of nitrogens with zero attached hydrogens (tertiary/aromatic N) is 4. The van der Waals surface area contributed by atoms with Crippen molar-refractivity contribution in [3.05, 3.63) is 72.4 Å². The lowest BCUT2D eigenvalue weighted by Crippen LogP contribution is -2.19. The third-order valence-corrected chi connectivity index (χ3v) is 4.61. The molecule has 0 saturated heterocycles. The lowest BCUT2D eigenvalue weighted by atomic mass is 10.1. The third kappa shape index (κ3) is 4.37. The van der Waals surface area contributed by atoms with E-state index in [9.17, 15) is 0 Å². The van der Waals surface area contributed by atoms with Crippen LogP contribution in [0.25, 0.3) is 16.7 Å². The van der Waals surface area contributed by atoms with Gasteiger partial charge in [0.25, 0.3) is 0 Å². The molecule has 4 aromatic rings. The van der Waals surface area contributed by atoms with Crippen LogP contribution in [0.15, 0.2) is 66.9 Å². The Labute approximate surface area is 170 Å². The number of benzene rings is 2. The van der Waals surface area contributed by atoms with E-state index in [2.05, 4.69) is 58.5 Å². The normalized spacial score (nSPS) is 12.1. The first-order valence-electron chi connectivity index (χ1n) is 9.99. The van der Waals surface area contributed by atoms with Gasteiger partial charge in [0.05, 0.1) is 23.9 Å². The molecule has 0 bridgehead atoms. The van der Waals surface area contributed by atoms with Crippen LogP contribution in [0, 0.1) is 0 Å².